The molecule has 0 aromatic heterocycles. The van der Waals surface area contributed by atoms with Gasteiger partial charge in [0.15, 0.2) is 0 Å². The van der Waals surface area contributed by atoms with Gasteiger partial charge in [-0.3, -0.25) is 4.79 Å². The maximum absolute atomic E-state index is 12.7. The minimum atomic E-state index is -0.602. The van der Waals surface area contributed by atoms with Crippen LogP contribution in [0.3, 0.4) is 0 Å². The van der Waals surface area contributed by atoms with Gasteiger partial charge in [0.25, 0.3) is 5.91 Å². The maximum Gasteiger partial charge on any atom is 0.254 e. The van der Waals surface area contributed by atoms with Crippen LogP contribution in [0.4, 0.5) is 0 Å². The minimum Gasteiger partial charge on any atom is -0.332 e. The van der Waals surface area contributed by atoms with Gasteiger partial charge in [0.05, 0.1) is 6.04 Å². The average molecular weight is 301 g/mol. The Morgan fingerprint density at radius 2 is 1.91 bits per heavy atom. The highest BCUT2D eigenvalue weighted by Crippen LogP contribution is 2.21. The quantitative estimate of drug-likeness (QED) is 0.727. The van der Waals surface area contributed by atoms with Crippen LogP contribution in [0.25, 0.3) is 5.57 Å². The Kier molecular flexibility index (Phi) is 6.23. The second kappa shape index (κ2) is 7.69. The molecule has 1 atom stereocenters. The third kappa shape index (κ3) is 4.38. The topological polar surface area (TPSA) is 54.5 Å². The molecule has 0 heterocycles. The number of carbonyl (C=O) groups excluding carboxylic acids is 3. The summed E-state index contributed by atoms with van der Waals surface area (Å²) < 4.78 is 0. The van der Waals surface area contributed by atoms with E-state index < -0.39 is 6.04 Å². The fourth-order valence-electron chi connectivity index (χ4n) is 2.25. The summed E-state index contributed by atoms with van der Waals surface area (Å²) in [5, 5.41) is 0. The summed E-state index contributed by atoms with van der Waals surface area (Å²) >= 11 is 0. The number of Topliss-reactive ketones (excluding diaryl/α,β-unsaturated/α-hetero) is 1. The summed E-state index contributed by atoms with van der Waals surface area (Å²) in [6.45, 7) is 9.12. The molecule has 0 radical (unpaired) electrons. The zero-order valence-corrected chi connectivity index (χ0v) is 13.7. The normalized spacial score (nSPS) is 11.6. The maximum atomic E-state index is 12.7. The number of ketones is 1. The standard InChI is InChI=1S/C18H23NO3/c1-12(2)16-9-6-13(3)10-17(16)18(22)19(5)15(11-20)8-7-14(4)21/h6,9-11,15H,1,7-8H2,2-5H3. The van der Waals surface area contributed by atoms with Crippen molar-refractivity contribution in [2.75, 3.05) is 7.05 Å². The van der Waals surface area contributed by atoms with Crippen molar-refractivity contribution in [3.63, 3.8) is 0 Å². The zero-order chi connectivity index (χ0) is 16.9. The second-order valence-corrected chi connectivity index (χ2v) is 5.69. The van der Waals surface area contributed by atoms with Gasteiger partial charge in [-0.15, -0.1) is 0 Å². The number of benzene rings is 1. The number of hydrogen-bond donors (Lipinski definition) is 0. The van der Waals surface area contributed by atoms with Crippen molar-refractivity contribution < 1.29 is 14.4 Å². The van der Waals surface area contributed by atoms with Gasteiger partial charge in [0, 0.05) is 19.0 Å². The lowest BCUT2D eigenvalue weighted by atomic mass is 9.98. The summed E-state index contributed by atoms with van der Waals surface area (Å²) in [5.41, 5.74) is 3.07. The van der Waals surface area contributed by atoms with Crippen molar-refractivity contribution in [3.8, 4) is 0 Å². The Bertz CT molecular complexity index is 604. The van der Waals surface area contributed by atoms with Crippen molar-refractivity contribution in [1.29, 1.82) is 0 Å². The van der Waals surface area contributed by atoms with E-state index in [0.29, 0.717) is 12.0 Å². The van der Waals surface area contributed by atoms with Crippen molar-refractivity contribution in [2.24, 2.45) is 0 Å². The van der Waals surface area contributed by atoms with Crippen molar-refractivity contribution in [1.82, 2.24) is 4.90 Å². The molecule has 1 aromatic rings. The third-order valence-corrected chi connectivity index (χ3v) is 3.63. The molecule has 1 rings (SSSR count). The van der Waals surface area contributed by atoms with Crippen molar-refractivity contribution in [2.45, 2.75) is 39.7 Å². The third-order valence-electron chi connectivity index (χ3n) is 3.63. The van der Waals surface area contributed by atoms with Crippen LogP contribution < -0.4 is 0 Å². The van der Waals surface area contributed by atoms with Crippen LogP contribution in [0.1, 0.15) is 48.2 Å². The molecule has 1 unspecified atom stereocenters. The van der Waals surface area contributed by atoms with Gasteiger partial charge >= 0.3 is 0 Å². The highest BCUT2D eigenvalue weighted by Gasteiger charge is 2.23. The summed E-state index contributed by atoms with van der Waals surface area (Å²) in [7, 11) is 1.59. The van der Waals surface area contributed by atoms with Gasteiger partial charge < -0.3 is 14.5 Å². The van der Waals surface area contributed by atoms with Gasteiger partial charge in [0.2, 0.25) is 0 Å². The first-order chi connectivity index (χ1) is 10.3. The first-order valence-electron chi connectivity index (χ1n) is 7.26. The van der Waals surface area contributed by atoms with E-state index >= 15 is 0 Å². The number of aldehydes is 1. The van der Waals surface area contributed by atoms with E-state index in [9.17, 15) is 14.4 Å². The van der Waals surface area contributed by atoms with Crippen LogP contribution in [-0.2, 0) is 9.59 Å². The SMILES string of the molecule is C=C(C)c1ccc(C)cc1C(=O)N(C)C(C=O)CCC(C)=O. The number of likely N-dealkylation sites (N-methyl/N-ethyl adjacent to an activating group) is 1. The number of hydrogen-bond acceptors (Lipinski definition) is 3. The monoisotopic (exact) mass is 301 g/mol. The summed E-state index contributed by atoms with van der Waals surface area (Å²) in [5.74, 6) is -0.228. The number of aryl methyl sites for hydroxylation is 1. The summed E-state index contributed by atoms with van der Waals surface area (Å²) in [6, 6.07) is 4.99. The molecule has 1 amide bonds. The number of rotatable bonds is 7. The predicted octanol–water partition coefficient (Wildman–Crippen LogP) is 3.04. The second-order valence-electron chi connectivity index (χ2n) is 5.69. The van der Waals surface area contributed by atoms with Gasteiger partial charge in [-0.05, 0) is 38.8 Å². The molecule has 0 spiro atoms. The van der Waals surface area contributed by atoms with Gasteiger partial charge in [-0.25, -0.2) is 0 Å². The molecule has 0 fully saturated rings. The predicted molar refractivity (Wildman–Crippen MR) is 87.7 cm³/mol. The van der Waals surface area contributed by atoms with E-state index in [1.165, 1.54) is 11.8 Å². The molecule has 0 aliphatic heterocycles. The fourth-order valence-corrected chi connectivity index (χ4v) is 2.25. The van der Waals surface area contributed by atoms with Crippen LogP contribution in [-0.4, -0.2) is 36.0 Å². The van der Waals surface area contributed by atoms with Gasteiger partial charge in [-0.1, -0.05) is 29.8 Å². The number of nitrogens with zero attached hydrogens (tertiary/aromatic N) is 1. The number of allylic oxidation sites excluding steroid dienone is 1. The first kappa shape index (κ1) is 17.8. The molecule has 0 bridgehead atoms. The van der Waals surface area contributed by atoms with E-state index in [2.05, 4.69) is 6.58 Å². The lowest BCUT2D eigenvalue weighted by Gasteiger charge is -2.25. The molecule has 4 heteroatoms. The molecule has 0 aliphatic rings. The first-order valence-corrected chi connectivity index (χ1v) is 7.26. The molecular formula is C18H23NO3. The van der Waals surface area contributed by atoms with Gasteiger partial charge in [0.1, 0.15) is 12.1 Å². The highest BCUT2D eigenvalue weighted by molar-refractivity contribution is 6.00. The number of amides is 1. The molecule has 0 N–H and O–H groups in total. The van der Waals surface area contributed by atoms with E-state index in [1.54, 1.807) is 13.1 Å². The molecule has 0 saturated carbocycles. The lowest BCUT2D eigenvalue weighted by molar-refractivity contribution is -0.117. The van der Waals surface area contributed by atoms with Gasteiger partial charge in [-0.2, -0.15) is 0 Å². The van der Waals surface area contributed by atoms with Crippen molar-refractivity contribution >= 4 is 23.5 Å². The smallest absolute Gasteiger partial charge is 0.254 e. The zero-order valence-electron chi connectivity index (χ0n) is 13.7. The van der Waals surface area contributed by atoms with Crippen molar-refractivity contribution in [3.05, 3.63) is 41.5 Å². The largest absolute Gasteiger partial charge is 0.332 e. The van der Waals surface area contributed by atoms with Crippen LogP contribution in [0.2, 0.25) is 0 Å². The van der Waals surface area contributed by atoms with E-state index in [4.69, 9.17) is 0 Å². The number of carbonyl (C=O) groups is 3. The van der Waals surface area contributed by atoms with Crippen LogP contribution in [0.5, 0.6) is 0 Å². The molecule has 4 nitrogen and oxygen atoms in total. The molecule has 1 aromatic carbocycles. The van der Waals surface area contributed by atoms with Crippen LogP contribution in [0.15, 0.2) is 24.8 Å². The molecule has 118 valence electrons. The highest BCUT2D eigenvalue weighted by atomic mass is 16.2. The molecule has 22 heavy (non-hydrogen) atoms. The van der Waals surface area contributed by atoms with Crippen LogP contribution in [0, 0.1) is 6.92 Å². The van der Waals surface area contributed by atoms with E-state index in [1.807, 2.05) is 26.0 Å². The Morgan fingerprint density at radius 3 is 2.41 bits per heavy atom. The minimum absolute atomic E-state index is 0.00544. The Hall–Kier alpha value is -2.23. The lowest BCUT2D eigenvalue weighted by Crippen LogP contribution is -2.38. The van der Waals surface area contributed by atoms with Crippen LogP contribution >= 0.6 is 0 Å². The van der Waals surface area contributed by atoms with E-state index in [-0.39, 0.29) is 18.1 Å². The fraction of sp³-hybridized carbons (Fsp3) is 0.389. The molecule has 0 saturated heterocycles. The Labute approximate surface area is 131 Å². The Balaban J connectivity index is 3.08. The average Bonchev–Trinajstić information content (AvgIpc) is 2.46. The summed E-state index contributed by atoms with van der Waals surface area (Å²) in [6.07, 6.45) is 1.34. The molecular weight excluding hydrogens is 278 g/mol. The summed E-state index contributed by atoms with van der Waals surface area (Å²) in [4.78, 5) is 36.4. The Morgan fingerprint density at radius 1 is 1.27 bits per heavy atom. The van der Waals surface area contributed by atoms with E-state index in [0.717, 1.165) is 23.0 Å². The molecule has 0 aliphatic carbocycles.